The molecule has 120 valence electrons. The van der Waals surface area contributed by atoms with E-state index in [9.17, 15) is 14.4 Å². The third kappa shape index (κ3) is 7.11. The largest absolute Gasteiger partial charge is 0.359 e. The van der Waals surface area contributed by atoms with Gasteiger partial charge in [-0.05, 0) is 39.0 Å². The maximum Gasteiger partial charge on any atom is 0.220 e. The Bertz CT molecular complexity index is 367. The maximum atomic E-state index is 11.8. The number of carbonyl (C=O) groups is 3. The van der Waals surface area contributed by atoms with Crippen molar-refractivity contribution in [1.82, 2.24) is 16.0 Å². The Kier molecular flexibility index (Phi) is 7.19. The highest BCUT2D eigenvalue weighted by atomic mass is 16.2. The van der Waals surface area contributed by atoms with Crippen LogP contribution in [-0.2, 0) is 14.4 Å². The van der Waals surface area contributed by atoms with Crippen LogP contribution in [0.4, 0.5) is 0 Å². The van der Waals surface area contributed by atoms with Gasteiger partial charge in [-0.15, -0.1) is 0 Å². The van der Waals surface area contributed by atoms with Crippen LogP contribution in [0.1, 0.15) is 58.8 Å². The summed E-state index contributed by atoms with van der Waals surface area (Å²) in [6, 6.07) is -0.0148. The minimum Gasteiger partial charge on any atom is -0.359 e. The molecule has 0 saturated heterocycles. The Balaban J connectivity index is 2.09. The van der Waals surface area contributed by atoms with Crippen molar-refractivity contribution in [3.63, 3.8) is 0 Å². The van der Waals surface area contributed by atoms with E-state index in [-0.39, 0.29) is 23.4 Å². The molecule has 3 amide bonds. The van der Waals surface area contributed by atoms with Gasteiger partial charge in [-0.1, -0.05) is 6.92 Å². The van der Waals surface area contributed by atoms with Crippen molar-refractivity contribution in [2.75, 3.05) is 6.54 Å². The van der Waals surface area contributed by atoms with Crippen LogP contribution in [0, 0.1) is 0 Å². The molecule has 6 heteroatoms. The van der Waals surface area contributed by atoms with Gasteiger partial charge in [-0.2, -0.15) is 0 Å². The van der Waals surface area contributed by atoms with E-state index in [2.05, 4.69) is 22.9 Å². The van der Waals surface area contributed by atoms with Crippen LogP contribution >= 0.6 is 0 Å². The Morgan fingerprint density at radius 3 is 2.52 bits per heavy atom. The number of amides is 3. The van der Waals surface area contributed by atoms with Gasteiger partial charge in [0.1, 0.15) is 0 Å². The van der Waals surface area contributed by atoms with E-state index in [4.69, 9.17) is 0 Å². The molecule has 3 N–H and O–H groups in total. The lowest BCUT2D eigenvalue weighted by Crippen LogP contribution is -2.38. The van der Waals surface area contributed by atoms with Crippen LogP contribution in [0.5, 0.6) is 0 Å². The van der Waals surface area contributed by atoms with Gasteiger partial charge in [0.2, 0.25) is 18.2 Å². The fourth-order valence-corrected chi connectivity index (χ4v) is 2.25. The molecule has 6 nitrogen and oxygen atoms in total. The predicted molar refractivity (Wildman–Crippen MR) is 80.5 cm³/mol. The molecule has 0 aromatic carbocycles. The molecule has 0 aromatic rings. The third-order valence-electron chi connectivity index (χ3n) is 3.96. The molecule has 0 spiro atoms. The molecule has 1 rings (SSSR count). The minimum absolute atomic E-state index is 0.0148. The average Bonchev–Trinajstić information content (AvgIpc) is 3.21. The summed E-state index contributed by atoms with van der Waals surface area (Å²) >= 11 is 0. The maximum absolute atomic E-state index is 11.8. The van der Waals surface area contributed by atoms with Crippen LogP contribution in [0.25, 0.3) is 0 Å². The zero-order chi connectivity index (χ0) is 15.7. The topological polar surface area (TPSA) is 87.3 Å². The predicted octanol–water partition coefficient (Wildman–Crippen LogP) is 0.856. The number of hydrogen-bond donors (Lipinski definition) is 3. The van der Waals surface area contributed by atoms with Crippen molar-refractivity contribution in [1.29, 1.82) is 0 Å². The van der Waals surface area contributed by atoms with Crippen LogP contribution in [0.15, 0.2) is 0 Å². The van der Waals surface area contributed by atoms with E-state index >= 15 is 0 Å². The summed E-state index contributed by atoms with van der Waals surface area (Å²) < 4.78 is 0. The summed E-state index contributed by atoms with van der Waals surface area (Å²) in [7, 11) is 0. The van der Waals surface area contributed by atoms with Crippen molar-refractivity contribution >= 4 is 18.2 Å². The summed E-state index contributed by atoms with van der Waals surface area (Å²) in [6.45, 7) is 4.50. The van der Waals surface area contributed by atoms with Gasteiger partial charge in [0.25, 0.3) is 0 Å². The Morgan fingerprint density at radius 2 is 1.95 bits per heavy atom. The van der Waals surface area contributed by atoms with E-state index < -0.39 is 0 Å². The van der Waals surface area contributed by atoms with Crippen molar-refractivity contribution in [2.24, 2.45) is 0 Å². The van der Waals surface area contributed by atoms with Crippen molar-refractivity contribution in [3.8, 4) is 0 Å². The molecule has 1 fully saturated rings. The lowest BCUT2D eigenvalue weighted by molar-refractivity contribution is -0.124. The molecular formula is C15H27N3O3. The molecule has 1 saturated carbocycles. The lowest BCUT2D eigenvalue weighted by Gasteiger charge is -2.17. The number of nitrogens with one attached hydrogen (secondary N) is 3. The van der Waals surface area contributed by atoms with Gasteiger partial charge in [0, 0.05) is 31.0 Å². The SMILES string of the molecule is CCC1(NC(=O)CCC(C)NC(=O)CCCNC=O)CC1. The standard InChI is InChI=1S/C15H27N3O3/c1-3-15(8-9-15)18-14(21)7-6-12(2)17-13(20)5-4-10-16-11-19/h11-12H,3-10H2,1-2H3,(H,16,19)(H,17,20)(H,18,21). The number of rotatable bonds is 11. The van der Waals surface area contributed by atoms with Gasteiger partial charge in [-0.25, -0.2) is 0 Å². The van der Waals surface area contributed by atoms with Gasteiger partial charge in [-0.3, -0.25) is 14.4 Å². The molecular weight excluding hydrogens is 270 g/mol. The highest BCUT2D eigenvalue weighted by Crippen LogP contribution is 2.38. The monoisotopic (exact) mass is 297 g/mol. The van der Waals surface area contributed by atoms with Crippen molar-refractivity contribution in [2.45, 2.75) is 70.4 Å². The molecule has 1 aliphatic carbocycles. The summed E-state index contributed by atoms with van der Waals surface area (Å²) in [5.41, 5.74) is 0.0646. The fourth-order valence-electron chi connectivity index (χ4n) is 2.25. The second-order valence-electron chi connectivity index (χ2n) is 5.86. The molecule has 1 unspecified atom stereocenters. The fraction of sp³-hybridized carbons (Fsp3) is 0.800. The molecule has 0 heterocycles. The minimum atomic E-state index is -0.0390. The van der Waals surface area contributed by atoms with Gasteiger partial charge < -0.3 is 16.0 Å². The zero-order valence-corrected chi connectivity index (χ0v) is 13.0. The number of hydrogen-bond acceptors (Lipinski definition) is 3. The van der Waals surface area contributed by atoms with E-state index in [1.54, 1.807) is 0 Å². The van der Waals surface area contributed by atoms with Crippen LogP contribution < -0.4 is 16.0 Å². The van der Waals surface area contributed by atoms with Crippen LogP contribution in [0.2, 0.25) is 0 Å². The first-order chi connectivity index (χ1) is 10.0. The van der Waals surface area contributed by atoms with E-state index in [1.807, 2.05) is 6.92 Å². The van der Waals surface area contributed by atoms with E-state index in [1.165, 1.54) is 0 Å². The quantitative estimate of drug-likeness (QED) is 0.390. The highest BCUT2D eigenvalue weighted by molar-refractivity contribution is 5.78. The van der Waals surface area contributed by atoms with Crippen molar-refractivity contribution < 1.29 is 14.4 Å². The first-order valence-electron chi connectivity index (χ1n) is 7.79. The van der Waals surface area contributed by atoms with E-state index in [0.29, 0.717) is 38.6 Å². The number of carbonyl (C=O) groups excluding carboxylic acids is 3. The molecule has 1 atom stereocenters. The normalized spacial score (nSPS) is 16.7. The average molecular weight is 297 g/mol. The first-order valence-corrected chi connectivity index (χ1v) is 7.79. The van der Waals surface area contributed by atoms with Gasteiger partial charge >= 0.3 is 0 Å². The van der Waals surface area contributed by atoms with Gasteiger partial charge in [0.15, 0.2) is 0 Å². The Hall–Kier alpha value is -1.59. The van der Waals surface area contributed by atoms with Gasteiger partial charge in [0.05, 0.1) is 0 Å². The first kappa shape index (κ1) is 17.5. The second kappa shape index (κ2) is 8.64. The smallest absolute Gasteiger partial charge is 0.220 e. The summed E-state index contributed by atoms with van der Waals surface area (Å²) in [5, 5.41) is 8.47. The molecule has 21 heavy (non-hydrogen) atoms. The summed E-state index contributed by atoms with van der Waals surface area (Å²) in [6.07, 6.45) is 5.86. The molecule has 0 aromatic heterocycles. The van der Waals surface area contributed by atoms with Crippen LogP contribution in [0.3, 0.4) is 0 Å². The second-order valence-corrected chi connectivity index (χ2v) is 5.86. The highest BCUT2D eigenvalue weighted by Gasteiger charge is 2.41. The van der Waals surface area contributed by atoms with Crippen LogP contribution in [-0.4, -0.2) is 36.3 Å². The third-order valence-corrected chi connectivity index (χ3v) is 3.96. The molecule has 0 bridgehead atoms. The van der Waals surface area contributed by atoms with Crippen molar-refractivity contribution in [3.05, 3.63) is 0 Å². The zero-order valence-electron chi connectivity index (χ0n) is 13.0. The molecule has 0 radical (unpaired) electrons. The summed E-state index contributed by atoms with van der Waals surface area (Å²) in [4.78, 5) is 33.5. The molecule has 0 aliphatic heterocycles. The Labute approximate surface area is 126 Å². The Morgan fingerprint density at radius 1 is 1.24 bits per heavy atom. The summed E-state index contributed by atoms with van der Waals surface area (Å²) in [5.74, 6) is 0.0356. The van der Waals surface area contributed by atoms with E-state index in [0.717, 1.165) is 19.3 Å². The lowest BCUT2D eigenvalue weighted by atomic mass is 10.1. The molecule has 1 aliphatic rings.